The third-order valence-corrected chi connectivity index (χ3v) is 4.40. The molecule has 0 unspecified atom stereocenters. The zero-order valence-corrected chi connectivity index (χ0v) is 14.3. The summed E-state index contributed by atoms with van der Waals surface area (Å²) in [4.78, 5) is 13.9. The molecule has 2 rings (SSSR count). The van der Waals surface area contributed by atoms with Crippen LogP contribution in [0, 0.1) is 0 Å². The van der Waals surface area contributed by atoms with Gasteiger partial charge < -0.3 is 4.90 Å². The minimum absolute atomic E-state index is 0.0662. The summed E-state index contributed by atoms with van der Waals surface area (Å²) >= 11 is 12.7. The van der Waals surface area contributed by atoms with E-state index in [-0.39, 0.29) is 5.78 Å². The number of carbonyl (C=O) groups excluding carboxylic acids is 1. The van der Waals surface area contributed by atoms with E-state index in [2.05, 4.69) is 0 Å². The molecule has 0 fully saturated rings. The maximum absolute atomic E-state index is 12.2. The number of halogens is 1. The number of benzene rings is 2. The summed E-state index contributed by atoms with van der Waals surface area (Å²) in [7, 11) is 0. The molecule has 0 atom stereocenters. The first-order valence-corrected chi connectivity index (χ1v) is 8.53. The van der Waals surface area contributed by atoms with E-state index in [1.165, 1.54) is 17.8 Å². The fourth-order valence-corrected chi connectivity index (χ4v) is 2.45. The fourth-order valence-electron chi connectivity index (χ4n) is 1.79. The normalized spacial score (nSPS) is 10.6. The van der Waals surface area contributed by atoms with Crippen LogP contribution in [0.1, 0.15) is 10.4 Å². The molecule has 0 aliphatic rings. The molecule has 0 saturated heterocycles. The van der Waals surface area contributed by atoms with Gasteiger partial charge in [0.1, 0.15) is 4.32 Å². The van der Waals surface area contributed by atoms with Crippen molar-refractivity contribution in [1.29, 1.82) is 0 Å². The van der Waals surface area contributed by atoms with Crippen LogP contribution in [0.25, 0.3) is 0 Å². The van der Waals surface area contributed by atoms with Crippen molar-refractivity contribution < 1.29 is 4.79 Å². The molecule has 0 radical (unpaired) electrons. The fraction of sp³-hybridized carbons (Fsp3) is 0.0588. The van der Waals surface area contributed by atoms with Gasteiger partial charge in [0, 0.05) is 28.5 Å². The van der Waals surface area contributed by atoms with E-state index in [9.17, 15) is 4.79 Å². The number of thiocarbonyl (C=S) groups is 1. The minimum atomic E-state index is -0.0662. The highest BCUT2D eigenvalue weighted by atomic mass is 35.5. The first-order valence-electron chi connectivity index (χ1n) is 6.52. The highest BCUT2D eigenvalue weighted by molar-refractivity contribution is 8.22. The topological polar surface area (TPSA) is 20.3 Å². The Labute approximate surface area is 144 Å². The SMILES string of the molecule is CSC(=S)N(/C=C/C(=O)c1ccccc1)c1ccc(Cl)cc1. The molecule has 112 valence electrons. The van der Waals surface area contributed by atoms with Gasteiger partial charge in [-0.25, -0.2) is 0 Å². The van der Waals surface area contributed by atoms with E-state index in [0.29, 0.717) is 14.9 Å². The molecule has 0 heterocycles. The van der Waals surface area contributed by atoms with Gasteiger partial charge in [-0.1, -0.05) is 65.9 Å². The summed E-state index contributed by atoms with van der Waals surface area (Å²) in [5.41, 5.74) is 1.51. The number of rotatable bonds is 4. The Morgan fingerprint density at radius 2 is 1.77 bits per heavy atom. The lowest BCUT2D eigenvalue weighted by Gasteiger charge is -2.19. The molecule has 0 bridgehead atoms. The monoisotopic (exact) mass is 347 g/mol. The van der Waals surface area contributed by atoms with E-state index >= 15 is 0 Å². The summed E-state index contributed by atoms with van der Waals surface area (Å²) in [5.74, 6) is -0.0662. The lowest BCUT2D eigenvalue weighted by Crippen LogP contribution is -2.20. The van der Waals surface area contributed by atoms with E-state index in [1.54, 1.807) is 35.4 Å². The van der Waals surface area contributed by atoms with Gasteiger partial charge in [0.25, 0.3) is 0 Å². The Morgan fingerprint density at radius 3 is 2.36 bits per heavy atom. The molecule has 0 N–H and O–H groups in total. The van der Waals surface area contributed by atoms with Crippen LogP contribution in [0.5, 0.6) is 0 Å². The third-order valence-electron chi connectivity index (χ3n) is 2.91. The van der Waals surface area contributed by atoms with Gasteiger partial charge in [0.05, 0.1) is 0 Å². The molecule has 0 aliphatic carbocycles. The van der Waals surface area contributed by atoms with Gasteiger partial charge in [-0.3, -0.25) is 4.79 Å². The Balaban J connectivity index is 2.23. The minimum Gasteiger partial charge on any atom is -0.303 e. The first kappa shape index (κ1) is 16.7. The number of anilines is 1. The van der Waals surface area contributed by atoms with E-state index in [1.807, 2.05) is 36.6 Å². The van der Waals surface area contributed by atoms with Crippen LogP contribution in [0.4, 0.5) is 5.69 Å². The average molecular weight is 348 g/mol. The average Bonchev–Trinajstić information content (AvgIpc) is 2.56. The molecular formula is C17H14ClNOS2. The number of thioether (sulfide) groups is 1. The van der Waals surface area contributed by atoms with Crippen molar-refractivity contribution in [2.75, 3.05) is 11.2 Å². The Bertz CT molecular complexity index is 684. The predicted molar refractivity (Wildman–Crippen MR) is 100.0 cm³/mol. The molecule has 0 spiro atoms. The second kappa shape index (κ2) is 8.13. The Kier molecular flexibility index (Phi) is 6.19. The predicted octanol–water partition coefficient (Wildman–Crippen LogP) is 5.19. The molecule has 0 amide bonds. The van der Waals surface area contributed by atoms with Crippen molar-refractivity contribution in [1.82, 2.24) is 0 Å². The van der Waals surface area contributed by atoms with Crippen LogP contribution in [0.15, 0.2) is 66.9 Å². The summed E-state index contributed by atoms with van der Waals surface area (Å²) in [6.07, 6.45) is 5.11. The highest BCUT2D eigenvalue weighted by Crippen LogP contribution is 2.22. The van der Waals surface area contributed by atoms with Crippen molar-refractivity contribution in [3.05, 3.63) is 77.5 Å². The number of carbonyl (C=O) groups is 1. The standard InChI is InChI=1S/C17H14ClNOS2/c1-22-17(21)19(15-9-7-14(18)8-10-15)12-11-16(20)13-5-3-2-4-6-13/h2-12H,1H3/b12-11+. The van der Waals surface area contributed by atoms with Gasteiger partial charge in [0.15, 0.2) is 5.78 Å². The lowest BCUT2D eigenvalue weighted by atomic mass is 10.1. The molecule has 2 nitrogen and oxygen atoms in total. The third kappa shape index (κ3) is 4.44. The summed E-state index contributed by atoms with van der Waals surface area (Å²) < 4.78 is 0.652. The number of allylic oxidation sites excluding steroid dienone is 1. The second-order valence-electron chi connectivity index (χ2n) is 4.36. The molecule has 5 heteroatoms. The second-order valence-corrected chi connectivity index (χ2v) is 6.24. The molecule has 2 aromatic carbocycles. The molecule has 22 heavy (non-hydrogen) atoms. The lowest BCUT2D eigenvalue weighted by molar-refractivity contribution is 0.104. The van der Waals surface area contributed by atoms with Gasteiger partial charge in [0.2, 0.25) is 0 Å². The van der Waals surface area contributed by atoms with Crippen LogP contribution in [0.3, 0.4) is 0 Å². The highest BCUT2D eigenvalue weighted by Gasteiger charge is 2.09. The zero-order valence-electron chi connectivity index (χ0n) is 11.9. The molecule has 0 saturated carbocycles. The molecule has 0 aromatic heterocycles. The van der Waals surface area contributed by atoms with Gasteiger partial charge in [-0.2, -0.15) is 0 Å². The number of nitrogens with zero attached hydrogens (tertiary/aromatic N) is 1. The largest absolute Gasteiger partial charge is 0.303 e. The quantitative estimate of drug-likeness (QED) is 0.430. The van der Waals surface area contributed by atoms with Gasteiger partial charge in [-0.05, 0) is 30.5 Å². The van der Waals surface area contributed by atoms with E-state index in [4.69, 9.17) is 23.8 Å². The summed E-state index contributed by atoms with van der Waals surface area (Å²) in [6.45, 7) is 0. The van der Waals surface area contributed by atoms with Crippen molar-refractivity contribution in [2.24, 2.45) is 0 Å². The first-order chi connectivity index (χ1) is 10.6. The Morgan fingerprint density at radius 1 is 1.14 bits per heavy atom. The number of hydrogen-bond acceptors (Lipinski definition) is 3. The zero-order chi connectivity index (χ0) is 15.9. The van der Waals surface area contributed by atoms with Crippen LogP contribution in [-0.2, 0) is 0 Å². The van der Waals surface area contributed by atoms with Gasteiger partial charge in [-0.15, -0.1) is 0 Å². The maximum Gasteiger partial charge on any atom is 0.187 e. The number of hydrogen-bond donors (Lipinski definition) is 0. The summed E-state index contributed by atoms with van der Waals surface area (Å²) in [6, 6.07) is 16.4. The number of ketones is 1. The van der Waals surface area contributed by atoms with Crippen molar-refractivity contribution >= 4 is 51.4 Å². The van der Waals surface area contributed by atoms with Crippen LogP contribution in [-0.4, -0.2) is 16.4 Å². The van der Waals surface area contributed by atoms with Crippen molar-refractivity contribution in [3.8, 4) is 0 Å². The molecule has 2 aromatic rings. The van der Waals surface area contributed by atoms with Crippen LogP contribution < -0.4 is 4.90 Å². The van der Waals surface area contributed by atoms with Crippen molar-refractivity contribution in [3.63, 3.8) is 0 Å². The van der Waals surface area contributed by atoms with Crippen LogP contribution >= 0.6 is 35.6 Å². The van der Waals surface area contributed by atoms with Gasteiger partial charge >= 0.3 is 0 Å². The summed E-state index contributed by atoms with van der Waals surface area (Å²) in [5, 5.41) is 0.656. The molecule has 0 aliphatic heterocycles. The van der Waals surface area contributed by atoms with Crippen LogP contribution in [0.2, 0.25) is 5.02 Å². The van der Waals surface area contributed by atoms with E-state index in [0.717, 1.165) is 5.69 Å². The Hall–Kier alpha value is -1.62. The van der Waals surface area contributed by atoms with E-state index < -0.39 is 0 Å². The van der Waals surface area contributed by atoms with Crippen molar-refractivity contribution in [2.45, 2.75) is 0 Å². The molecular weight excluding hydrogens is 334 g/mol. The smallest absolute Gasteiger partial charge is 0.187 e. The maximum atomic E-state index is 12.2.